The molecule has 0 aliphatic carbocycles. The second-order valence-electron chi connectivity index (χ2n) is 7.22. The van der Waals surface area contributed by atoms with Gasteiger partial charge in [0, 0.05) is 60.2 Å². The zero-order valence-corrected chi connectivity index (χ0v) is 16.2. The molecule has 0 aliphatic heterocycles. The molecule has 3 N–H and O–H groups in total. The molecule has 0 unspecified atom stereocenters. The zero-order chi connectivity index (χ0) is 20.0. The van der Waals surface area contributed by atoms with Crippen LogP contribution in [0.25, 0.3) is 5.57 Å². The lowest BCUT2D eigenvalue weighted by molar-refractivity contribution is 0.611. The third-order valence-electron chi connectivity index (χ3n) is 3.63. The van der Waals surface area contributed by atoms with Crippen molar-refractivity contribution in [3.05, 3.63) is 58.5 Å². The molecule has 2 aromatic rings. The van der Waals surface area contributed by atoms with Crippen LogP contribution in [0.2, 0.25) is 0 Å². The van der Waals surface area contributed by atoms with Gasteiger partial charge in [-0.2, -0.15) is 0 Å². The molecule has 2 rings (SSSR count). The van der Waals surface area contributed by atoms with Gasteiger partial charge in [-0.15, -0.1) is 0 Å². The number of nitrogens with zero attached hydrogens (tertiary/aromatic N) is 3. The predicted molar refractivity (Wildman–Crippen MR) is 109 cm³/mol. The summed E-state index contributed by atoms with van der Waals surface area (Å²) in [6.45, 7) is 8.51. The molecule has 2 aromatic heterocycles. The van der Waals surface area contributed by atoms with Crippen molar-refractivity contribution >= 4 is 23.3 Å². The highest BCUT2D eigenvalue weighted by Gasteiger charge is 2.13. The molecule has 0 aliphatic rings. The third-order valence-corrected chi connectivity index (χ3v) is 3.63. The molecule has 0 aromatic carbocycles. The van der Waals surface area contributed by atoms with Crippen molar-refractivity contribution in [3.63, 3.8) is 0 Å². The van der Waals surface area contributed by atoms with E-state index >= 15 is 0 Å². The molecule has 7 heteroatoms. The maximum atomic E-state index is 14.5. The van der Waals surface area contributed by atoms with Crippen molar-refractivity contribution in [2.75, 3.05) is 5.32 Å². The number of allylic oxidation sites excluding steroid dienone is 1. The van der Waals surface area contributed by atoms with Crippen LogP contribution < -0.4 is 16.6 Å². The Morgan fingerprint density at radius 1 is 1.41 bits per heavy atom. The van der Waals surface area contributed by atoms with Gasteiger partial charge in [0.15, 0.2) is 0 Å². The van der Waals surface area contributed by atoms with Gasteiger partial charge >= 0.3 is 0 Å². The Labute approximate surface area is 158 Å². The van der Waals surface area contributed by atoms with Crippen LogP contribution in [0.15, 0.2) is 46.6 Å². The van der Waals surface area contributed by atoms with Crippen LogP contribution in [0.1, 0.15) is 39.7 Å². The van der Waals surface area contributed by atoms with Crippen LogP contribution in [0.3, 0.4) is 0 Å². The molecule has 2 heterocycles. The van der Waals surface area contributed by atoms with E-state index in [2.05, 4.69) is 15.3 Å². The van der Waals surface area contributed by atoms with E-state index < -0.39 is 5.82 Å². The first-order chi connectivity index (χ1) is 12.7. The van der Waals surface area contributed by atoms with Gasteiger partial charge in [-0.3, -0.25) is 9.79 Å². The van der Waals surface area contributed by atoms with E-state index in [9.17, 15) is 9.18 Å². The van der Waals surface area contributed by atoms with Crippen molar-refractivity contribution < 1.29 is 4.39 Å². The molecule has 0 saturated carbocycles. The number of rotatable bonds is 6. The van der Waals surface area contributed by atoms with Crippen LogP contribution in [-0.2, 0) is 6.54 Å². The number of hydrogen-bond acceptors (Lipinski definition) is 5. The van der Waals surface area contributed by atoms with Gasteiger partial charge in [-0.25, -0.2) is 9.37 Å². The van der Waals surface area contributed by atoms with E-state index in [4.69, 9.17) is 5.73 Å². The van der Waals surface area contributed by atoms with Crippen LogP contribution in [-0.4, -0.2) is 21.3 Å². The quantitative estimate of drug-likeness (QED) is 0.758. The number of aryl methyl sites for hydroxylation is 1. The molecule has 0 atom stereocenters. The van der Waals surface area contributed by atoms with Gasteiger partial charge in [0.2, 0.25) is 0 Å². The molecule has 0 saturated heterocycles. The maximum Gasteiger partial charge on any atom is 0.250 e. The molecule has 0 bridgehead atoms. The fourth-order valence-corrected chi connectivity index (χ4v) is 2.45. The Hall–Kier alpha value is -2.96. The lowest BCUT2D eigenvalue weighted by atomic mass is 10.1. The summed E-state index contributed by atoms with van der Waals surface area (Å²) in [4.78, 5) is 20.3. The number of nitrogens with two attached hydrogens (primary N) is 1. The number of halogens is 1. The summed E-state index contributed by atoms with van der Waals surface area (Å²) in [6.07, 6.45) is 6.68. The summed E-state index contributed by atoms with van der Waals surface area (Å²) in [7, 11) is 0. The smallest absolute Gasteiger partial charge is 0.250 e. The molecule has 0 spiro atoms. The molecule has 27 heavy (non-hydrogen) atoms. The SMILES string of the molecule is CCCn1cc(N=CC(=CN)c2cnc(NC(C)(C)C)cc2F)ccc1=O. The van der Waals surface area contributed by atoms with Crippen molar-refractivity contribution in [1.82, 2.24) is 9.55 Å². The highest BCUT2D eigenvalue weighted by atomic mass is 19.1. The van der Waals surface area contributed by atoms with Gasteiger partial charge in [-0.05, 0) is 33.3 Å². The van der Waals surface area contributed by atoms with E-state index in [1.54, 1.807) is 16.8 Å². The molecule has 0 radical (unpaired) electrons. The standard InChI is InChI=1S/C20H26FN5O/c1-5-8-26-13-15(6-7-19(26)27)23-11-14(10-22)16-12-24-18(9-17(16)21)25-20(2,3)4/h6-7,9-13H,5,8,22H2,1-4H3,(H,24,25). The van der Waals surface area contributed by atoms with Crippen molar-refractivity contribution in [1.29, 1.82) is 0 Å². The van der Waals surface area contributed by atoms with Crippen molar-refractivity contribution in [2.24, 2.45) is 10.7 Å². The predicted octanol–water partition coefficient (Wildman–Crippen LogP) is 3.70. The van der Waals surface area contributed by atoms with Crippen molar-refractivity contribution in [3.8, 4) is 0 Å². The average molecular weight is 371 g/mol. The maximum absolute atomic E-state index is 14.5. The monoisotopic (exact) mass is 371 g/mol. The molecular formula is C20H26FN5O. The second-order valence-corrected chi connectivity index (χ2v) is 7.22. The first-order valence-corrected chi connectivity index (χ1v) is 8.84. The fourth-order valence-electron chi connectivity index (χ4n) is 2.45. The van der Waals surface area contributed by atoms with E-state index in [-0.39, 0.29) is 16.7 Å². The number of hydrogen-bond donors (Lipinski definition) is 2. The Balaban J connectivity index is 2.26. The first-order valence-electron chi connectivity index (χ1n) is 8.84. The van der Waals surface area contributed by atoms with Gasteiger partial charge in [0.05, 0.1) is 5.69 Å². The van der Waals surface area contributed by atoms with E-state index in [1.165, 1.54) is 30.7 Å². The lowest BCUT2D eigenvalue weighted by Gasteiger charge is -2.21. The summed E-state index contributed by atoms with van der Waals surface area (Å²) in [5.74, 6) is -0.000412. The first kappa shape index (κ1) is 20.4. The van der Waals surface area contributed by atoms with E-state index in [1.807, 2.05) is 27.7 Å². The molecule has 0 fully saturated rings. The summed E-state index contributed by atoms with van der Waals surface area (Å²) >= 11 is 0. The Bertz CT molecular complexity index is 909. The lowest BCUT2D eigenvalue weighted by Crippen LogP contribution is -2.26. The average Bonchev–Trinajstić information content (AvgIpc) is 2.58. The zero-order valence-electron chi connectivity index (χ0n) is 16.2. The molecule has 144 valence electrons. The normalized spacial score (nSPS) is 12.6. The van der Waals surface area contributed by atoms with Gasteiger partial charge in [-0.1, -0.05) is 6.92 Å². The summed E-state index contributed by atoms with van der Waals surface area (Å²) in [6, 6.07) is 4.41. The molecule has 0 amide bonds. The number of aliphatic imine (C=N–C) groups is 1. The third kappa shape index (κ3) is 5.77. The van der Waals surface area contributed by atoms with Crippen LogP contribution in [0.5, 0.6) is 0 Å². The van der Waals surface area contributed by atoms with E-state index in [0.717, 1.165) is 6.42 Å². The molecular weight excluding hydrogens is 345 g/mol. The van der Waals surface area contributed by atoms with Crippen LogP contribution in [0, 0.1) is 5.82 Å². The minimum atomic E-state index is -0.448. The van der Waals surface area contributed by atoms with Crippen molar-refractivity contribution in [2.45, 2.75) is 46.2 Å². The minimum absolute atomic E-state index is 0.0810. The number of pyridine rings is 2. The fraction of sp³-hybridized carbons (Fsp3) is 0.350. The number of nitrogens with one attached hydrogen (secondary N) is 1. The van der Waals surface area contributed by atoms with Gasteiger partial charge < -0.3 is 15.6 Å². The Kier molecular flexibility index (Phi) is 6.50. The number of anilines is 1. The Morgan fingerprint density at radius 3 is 2.74 bits per heavy atom. The van der Waals surface area contributed by atoms with Gasteiger partial charge in [0.25, 0.3) is 5.56 Å². The number of aromatic nitrogens is 2. The highest BCUT2D eigenvalue weighted by Crippen LogP contribution is 2.21. The molecule has 6 nitrogen and oxygen atoms in total. The summed E-state index contributed by atoms with van der Waals surface area (Å²) < 4.78 is 16.1. The second kappa shape index (κ2) is 8.62. The largest absolute Gasteiger partial charge is 0.404 e. The Morgan fingerprint density at radius 2 is 2.15 bits per heavy atom. The van der Waals surface area contributed by atoms with Gasteiger partial charge in [0.1, 0.15) is 11.6 Å². The van der Waals surface area contributed by atoms with E-state index in [0.29, 0.717) is 23.6 Å². The van der Waals surface area contributed by atoms with Crippen LogP contribution in [0.4, 0.5) is 15.9 Å². The minimum Gasteiger partial charge on any atom is -0.404 e. The highest BCUT2D eigenvalue weighted by molar-refractivity contribution is 6.10. The van der Waals surface area contributed by atoms with Crippen LogP contribution >= 0.6 is 0 Å². The summed E-state index contributed by atoms with van der Waals surface area (Å²) in [5, 5.41) is 3.12. The summed E-state index contributed by atoms with van der Waals surface area (Å²) in [5.41, 5.74) is 6.59. The topological polar surface area (TPSA) is 85.3 Å².